The third kappa shape index (κ3) is 5.68. The van der Waals surface area contributed by atoms with E-state index >= 15 is 0 Å². The molecule has 0 unspecified atom stereocenters. The van der Waals surface area contributed by atoms with E-state index in [1.54, 1.807) is 0 Å². The van der Waals surface area contributed by atoms with Gasteiger partial charge in [0, 0.05) is 17.3 Å². The van der Waals surface area contributed by atoms with Gasteiger partial charge in [0.05, 0.1) is 11.4 Å². The molecule has 0 aliphatic carbocycles. The zero-order valence-corrected chi connectivity index (χ0v) is 18.2. The number of ether oxygens (including phenoxy) is 1. The fraction of sp³-hybridized carbons (Fsp3) is 0.192. The molecule has 0 saturated carbocycles. The normalized spacial score (nSPS) is 11.2. The number of anilines is 1. The van der Waals surface area contributed by atoms with Crippen LogP contribution in [0.25, 0.3) is 10.8 Å². The Morgan fingerprint density at radius 2 is 1.62 bits per heavy atom. The van der Waals surface area contributed by atoms with Crippen LogP contribution in [0, 0.1) is 0 Å². The van der Waals surface area contributed by atoms with Crippen molar-refractivity contribution in [1.82, 2.24) is 20.5 Å². The molecule has 0 radical (unpaired) electrons. The quantitative estimate of drug-likeness (QED) is 0.353. The minimum absolute atomic E-state index is 0.332. The molecule has 4 rings (SSSR count). The van der Waals surface area contributed by atoms with Crippen molar-refractivity contribution >= 4 is 16.6 Å². The lowest BCUT2D eigenvalue weighted by Gasteiger charge is -2.11. The van der Waals surface area contributed by atoms with E-state index in [4.69, 9.17) is 9.72 Å². The molecule has 6 heteroatoms. The van der Waals surface area contributed by atoms with Gasteiger partial charge in [-0.1, -0.05) is 60.7 Å². The highest BCUT2D eigenvalue weighted by molar-refractivity contribution is 5.94. The summed E-state index contributed by atoms with van der Waals surface area (Å²) in [5.41, 5.74) is 3.17. The van der Waals surface area contributed by atoms with E-state index in [1.807, 2.05) is 67.7 Å². The molecular weight excluding hydrogens is 398 g/mol. The molecule has 6 nitrogen and oxygen atoms in total. The summed E-state index contributed by atoms with van der Waals surface area (Å²) in [7, 11) is 0. The monoisotopic (exact) mass is 425 g/mol. The summed E-state index contributed by atoms with van der Waals surface area (Å²) < 4.78 is 6.00. The molecule has 162 valence electrons. The van der Waals surface area contributed by atoms with Crippen LogP contribution in [0.15, 0.2) is 85.1 Å². The van der Waals surface area contributed by atoms with E-state index in [0.29, 0.717) is 24.8 Å². The van der Waals surface area contributed by atoms with Crippen molar-refractivity contribution in [3.63, 3.8) is 0 Å². The minimum atomic E-state index is 0.332. The molecule has 2 heterocycles. The van der Waals surface area contributed by atoms with E-state index in [1.165, 1.54) is 5.56 Å². The molecule has 0 aliphatic heterocycles. The molecule has 0 saturated heterocycles. The Hall–Kier alpha value is -3.77. The number of rotatable bonds is 10. The van der Waals surface area contributed by atoms with Gasteiger partial charge in [0.25, 0.3) is 0 Å². The first-order chi connectivity index (χ1) is 15.8. The third-order valence-electron chi connectivity index (χ3n) is 5.00. The van der Waals surface area contributed by atoms with Crippen molar-refractivity contribution in [3.05, 3.63) is 102 Å². The van der Waals surface area contributed by atoms with Gasteiger partial charge >= 0.3 is 0 Å². The van der Waals surface area contributed by atoms with Crippen molar-refractivity contribution in [3.8, 4) is 5.88 Å². The van der Waals surface area contributed by atoms with Crippen LogP contribution in [0.2, 0.25) is 0 Å². The smallest absolute Gasteiger partial charge is 0.241 e. The lowest BCUT2D eigenvalue weighted by Crippen LogP contribution is -2.17. The fourth-order valence-electron chi connectivity index (χ4n) is 3.40. The predicted molar refractivity (Wildman–Crippen MR) is 128 cm³/mol. The maximum Gasteiger partial charge on any atom is 0.241 e. The zero-order valence-electron chi connectivity index (χ0n) is 18.2. The highest BCUT2D eigenvalue weighted by Gasteiger charge is 2.10. The number of nitrogens with zero attached hydrogens (tertiary/aromatic N) is 3. The summed E-state index contributed by atoms with van der Waals surface area (Å²) in [4.78, 5) is 4.71. The Bertz CT molecular complexity index is 1180. The molecule has 2 aromatic carbocycles. The lowest BCUT2D eigenvalue weighted by molar-refractivity contribution is 0.290. The molecule has 0 aliphatic rings. The number of benzene rings is 2. The first kappa shape index (κ1) is 21.5. The van der Waals surface area contributed by atoms with Crippen LogP contribution >= 0.6 is 0 Å². The van der Waals surface area contributed by atoms with Gasteiger partial charge < -0.3 is 15.4 Å². The van der Waals surface area contributed by atoms with E-state index in [2.05, 4.69) is 45.1 Å². The highest BCUT2D eigenvalue weighted by atomic mass is 16.5. The maximum absolute atomic E-state index is 6.00. The Morgan fingerprint density at radius 3 is 2.47 bits per heavy atom. The number of nitrogens with one attached hydrogen (secondary N) is 2. The van der Waals surface area contributed by atoms with Gasteiger partial charge in [-0.3, -0.25) is 4.98 Å². The molecule has 2 N–H and O–H groups in total. The van der Waals surface area contributed by atoms with Crippen molar-refractivity contribution in [2.24, 2.45) is 0 Å². The number of fused-ring (bicyclic) bond motifs is 1. The first-order valence-electron chi connectivity index (χ1n) is 10.8. The Kier molecular flexibility index (Phi) is 7.39. The Balaban J connectivity index is 1.36. The number of pyridine rings is 1. The van der Waals surface area contributed by atoms with Crippen molar-refractivity contribution in [2.45, 2.75) is 26.5 Å². The van der Waals surface area contributed by atoms with Crippen LogP contribution in [-0.2, 0) is 19.6 Å². The van der Waals surface area contributed by atoms with E-state index in [9.17, 15) is 0 Å². The standard InChI is InChI=1S/C26H27N5O/c1-2-16-28-25-23-13-6-7-14-24(23)26(31-30-25)32-19-22-12-8-11-21(29-22)18-27-17-15-20-9-4-3-5-10-20/h2-14,16,27H,15,17-19H2,1H3,(H,28,30)/b16-2+. The second kappa shape index (κ2) is 11.0. The lowest BCUT2D eigenvalue weighted by atomic mass is 10.1. The van der Waals surface area contributed by atoms with Crippen LogP contribution in [0.1, 0.15) is 23.9 Å². The second-order valence-electron chi connectivity index (χ2n) is 7.36. The Morgan fingerprint density at radius 1 is 0.844 bits per heavy atom. The van der Waals surface area contributed by atoms with Gasteiger partial charge in [-0.15, -0.1) is 10.2 Å². The highest BCUT2D eigenvalue weighted by Crippen LogP contribution is 2.27. The SMILES string of the molecule is C/C=C/Nc1nnc(OCc2cccc(CNCCc3ccccc3)n2)c2ccccc12. The number of aromatic nitrogens is 3. The predicted octanol–water partition coefficient (Wildman–Crippen LogP) is 4.88. The van der Waals surface area contributed by atoms with Gasteiger partial charge in [-0.05, 0) is 49.9 Å². The average Bonchev–Trinajstić information content (AvgIpc) is 2.85. The second-order valence-corrected chi connectivity index (χ2v) is 7.36. The van der Waals surface area contributed by atoms with Gasteiger partial charge in [-0.25, -0.2) is 0 Å². The third-order valence-corrected chi connectivity index (χ3v) is 5.00. The molecule has 32 heavy (non-hydrogen) atoms. The molecule has 4 aromatic rings. The number of allylic oxidation sites excluding steroid dienone is 1. The van der Waals surface area contributed by atoms with E-state index < -0.39 is 0 Å². The Labute approximate surface area is 188 Å². The van der Waals surface area contributed by atoms with E-state index in [-0.39, 0.29) is 0 Å². The van der Waals surface area contributed by atoms with Crippen LogP contribution in [-0.4, -0.2) is 21.7 Å². The van der Waals surface area contributed by atoms with E-state index in [0.717, 1.165) is 35.1 Å². The van der Waals surface area contributed by atoms with Crippen molar-refractivity contribution < 1.29 is 4.74 Å². The summed E-state index contributed by atoms with van der Waals surface area (Å²) in [5, 5.41) is 17.0. The number of hydrogen-bond donors (Lipinski definition) is 2. The molecule has 0 fully saturated rings. The molecule has 0 bridgehead atoms. The van der Waals surface area contributed by atoms with Gasteiger partial charge in [0.2, 0.25) is 5.88 Å². The molecular formula is C26H27N5O. The van der Waals surface area contributed by atoms with Crippen molar-refractivity contribution in [1.29, 1.82) is 0 Å². The first-order valence-corrected chi connectivity index (χ1v) is 10.8. The molecule has 0 atom stereocenters. The van der Waals surface area contributed by atoms with Crippen LogP contribution in [0.5, 0.6) is 5.88 Å². The molecule has 0 amide bonds. The fourth-order valence-corrected chi connectivity index (χ4v) is 3.40. The van der Waals surface area contributed by atoms with Crippen LogP contribution < -0.4 is 15.4 Å². The summed E-state index contributed by atoms with van der Waals surface area (Å²) in [5.74, 6) is 1.20. The van der Waals surface area contributed by atoms with Gasteiger partial charge in [0.1, 0.15) is 6.61 Å². The van der Waals surface area contributed by atoms with Crippen molar-refractivity contribution in [2.75, 3.05) is 11.9 Å². The topological polar surface area (TPSA) is 72.0 Å². The number of hydrogen-bond acceptors (Lipinski definition) is 6. The maximum atomic E-state index is 6.00. The minimum Gasteiger partial charge on any atom is -0.470 e. The summed E-state index contributed by atoms with van der Waals surface area (Å²) >= 11 is 0. The summed E-state index contributed by atoms with van der Waals surface area (Å²) in [6, 6.07) is 24.4. The van der Waals surface area contributed by atoms with Gasteiger partial charge in [0.15, 0.2) is 5.82 Å². The zero-order chi connectivity index (χ0) is 22.0. The summed E-state index contributed by atoms with van der Waals surface area (Å²) in [6.45, 7) is 3.90. The largest absolute Gasteiger partial charge is 0.470 e. The average molecular weight is 426 g/mol. The van der Waals surface area contributed by atoms with Crippen LogP contribution in [0.3, 0.4) is 0 Å². The molecule has 0 spiro atoms. The molecule has 2 aromatic heterocycles. The summed E-state index contributed by atoms with van der Waals surface area (Å²) in [6.07, 6.45) is 4.74. The van der Waals surface area contributed by atoms with Gasteiger partial charge in [-0.2, -0.15) is 0 Å². The van der Waals surface area contributed by atoms with Crippen LogP contribution in [0.4, 0.5) is 5.82 Å².